The molecule has 2 saturated carbocycles. The van der Waals surface area contributed by atoms with Gasteiger partial charge in [0.1, 0.15) is 5.78 Å². The van der Waals surface area contributed by atoms with Gasteiger partial charge in [-0.15, -0.1) is 0 Å². The number of hydrogen-bond donors (Lipinski definition) is 1. The van der Waals surface area contributed by atoms with E-state index in [9.17, 15) is 9.59 Å². The second-order valence-corrected chi connectivity index (χ2v) is 7.53. The molecule has 0 unspecified atom stereocenters. The summed E-state index contributed by atoms with van der Waals surface area (Å²) in [6.07, 6.45) is 11.7. The van der Waals surface area contributed by atoms with Gasteiger partial charge in [0.2, 0.25) is 5.91 Å². The Labute approximate surface area is 187 Å². The van der Waals surface area contributed by atoms with Crippen LogP contribution in [0.4, 0.5) is 0 Å². The van der Waals surface area contributed by atoms with Crippen LogP contribution >= 0.6 is 0 Å². The molecule has 5 nitrogen and oxygen atoms in total. The molecule has 5 heteroatoms. The Hall–Kier alpha value is -0.940. The lowest BCUT2D eigenvalue weighted by molar-refractivity contribution is -0.124. The molecule has 2 rings (SSSR count). The van der Waals surface area contributed by atoms with E-state index in [1.807, 2.05) is 48.5 Å². The largest absolute Gasteiger partial charge is 0.382 e. The minimum Gasteiger partial charge on any atom is -0.382 e. The maximum absolute atomic E-state index is 10.8. The van der Waals surface area contributed by atoms with E-state index in [2.05, 4.69) is 0 Å². The van der Waals surface area contributed by atoms with Gasteiger partial charge in [-0.3, -0.25) is 9.59 Å². The summed E-state index contributed by atoms with van der Waals surface area (Å²) < 4.78 is 10.1. The average Bonchev–Trinajstić information content (AvgIpc) is 2.74. The summed E-state index contributed by atoms with van der Waals surface area (Å²) in [5.41, 5.74) is 4.99. The maximum atomic E-state index is 10.8. The first kappa shape index (κ1) is 33.7. The maximum Gasteiger partial charge on any atom is 0.219 e. The Kier molecular flexibility index (Phi) is 29.3. The van der Waals surface area contributed by atoms with E-state index < -0.39 is 0 Å². The molecular formula is C25H53NO4. The summed E-state index contributed by atoms with van der Waals surface area (Å²) in [5, 5.41) is 0. The average molecular weight is 432 g/mol. The number of ether oxygens (including phenoxy) is 2. The zero-order chi connectivity index (χ0) is 23.8. The Morgan fingerprint density at radius 2 is 1.43 bits per heavy atom. The minimum atomic E-state index is -0.274. The number of hydrogen-bond acceptors (Lipinski definition) is 4. The van der Waals surface area contributed by atoms with Gasteiger partial charge >= 0.3 is 0 Å². The quantitative estimate of drug-likeness (QED) is 0.456. The highest BCUT2D eigenvalue weighted by Gasteiger charge is 2.22. The van der Waals surface area contributed by atoms with Crippen LogP contribution in [-0.4, -0.2) is 38.1 Å². The highest BCUT2D eigenvalue weighted by Crippen LogP contribution is 2.27. The molecule has 0 spiro atoms. The highest BCUT2D eigenvalue weighted by molar-refractivity contribution is 5.81. The molecule has 2 aliphatic carbocycles. The van der Waals surface area contributed by atoms with Gasteiger partial charge in [0.25, 0.3) is 0 Å². The van der Waals surface area contributed by atoms with Gasteiger partial charge in [-0.1, -0.05) is 60.3 Å². The summed E-state index contributed by atoms with van der Waals surface area (Å²) in [6.45, 7) is 15.2. The van der Waals surface area contributed by atoms with Crippen molar-refractivity contribution in [3.8, 4) is 0 Å². The number of ketones is 1. The van der Waals surface area contributed by atoms with Gasteiger partial charge in [-0.2, -0.15) is 0 Å². The molecule has 0 bridgehead atoms. The molecule has 182 valence electrons. The second-order valence-electron chi connectivity index (χ2n) is 7.53. The van der Waals surface area contributed by atoms with Crippen LogP contribution < -0.4 is 5.73 Å². The van der Waals surface area contributed by atoms with Crippen molar-refractivity contribution in [1.29, 1.82) is 0 Å². The first-order valence-electron chi connectivity index (χ1n) is 12.3. The van der Waals surface area contributed by atoms with Crippen molar-refractivity contribution in [3.05, 3.63) is 0 Å². The fraction of sp³-hybridized carbons (Fsp3) is 0.920. The molecule has 1 amide bonds. The van der Waals surface area contributed by atoms with Gasteiger partial charge in [0.05, 0.1) is 12.7 Å². The van der Waals surface area contributed by atoms with E-state index in [0.29, 0.717) is 30.8 Å². The number of primary amides is 1. The Bertz CT molecular complexity index is 362. The third-order valence-corrected chi connectivity index (χ3v) is 4.95. The first-order chi connectivity index (χ1) is 14.4. The fourth-order valence-electron chi connectivity index (χ4n) is 2.80. The Morgan fingerprint density at radius 3 is 1.73 bits per heavy atom. The normalized spacial score (nSPS) is 15.5. The van der Waals surface area contributed by atoms with Gasteiger partial charge in [-0.25, -0.2) is 0 Å². The summed E-state index contributed by atoms with van der Waals surface area (Å²) in [7, 11) is 1.70. The van der Waals surface area contributed by atoms with Crippen LogP contribution in [0, 0.1) is 11.8 Å². The van der Waals surface area contributed by atoms with Crippen molar-refractivity contribution < 1.29 is 19.1 Å². The summed E-state index contributed by atoms with van der Waals surface area (Å²) >= 11 is 0. The van der Waals surface area contributed by atoms with E-state index in [1.165, 1.54) is 38.5 Å². The third kappa shape index (κ3) is 23.3. The standard InChI is InChI=1S/C10H19NO2.C7H12O.C4H10O.2C2H6/c11-10(12)6-7-13-8-9-4-2-1-3-5-9;1-2-7(8)6-4-3-5-6;1-4(2)5-3;2*1-2/h9H,1-8H2,(H2,11,12);6H,2-5H2,1H3;4H,1-3H3;2*1-2H3. The molecule has 0 radical (unpaired) electrons. The lowest BCUT2D eigenvalue weighted by Gasteiger charge is -2.22. The number of carbonyl (C=O) groups is 2. The molecule has 0 aromatic carbocycles. The molecule has 2 aliphatic rings. The van der Waals surface area contributed by atoms with Crippen LogP contribution in [0.1, 0.15) is 113 Å². The predicted octanol–water partition coefficient (Wildman–Crippen LogP) is 6.32. The lowest BCUT2D eigenvalue weighted by atomic mass is 9.81. The molecule has 0 aromatic heterocycles. The van der Waals surface area contributed by atoms with Gasteiger partial charge in [-0.05, 0) is 45.4 Å². The second kappa shape index (κ2) is 26.1. The third-order valence-electron chi connectivity index (χ3n) is 4.95. The number of rotatable bonds is 8. The van der Waals surface area contributed by atoms with E-state index in [0.717, 1.165) is 31.8 Å². The molecule has 2 fully saturated rings. The number of methoxy groups -OCH3 is 1. The van der Waals surface area contributed by atoms with Crippen LogP contribution in [0.5, 0.6) is 0 Å². The topological polar surface area (TPSA) is 78.6 Å². The van der Waals surface area contributed by atoms with E-state index in [-0.39, 0.29) is 5.91 Å². The Morgan fingerprint density at radius 1 is 0.933 bits per heavy atom. The SMILES string of the molecule is CC.CC.CCC(=O)C1CCC1.COC(C)C.NC(=O)CCOCC1CCCCC1. The molecule has 0 heterocycles. The van der Waals surface area contributed by atoms with Crippen molar-refractivity contribution >= 4 is 11.7 Å². The molecule has 30 heavy (non-hydrogen) atoms. The first-order valence-corrected chi connectivity index (χ1v) is 12.3. The smallest absolute Gasteiger partial charge is 0.219 e. The molecule has 0 aliphatic heterocycles. The Balaban J connectivity index is -0.000000367. The van der Waals surface area contributed by atoms with E-state index >= 15 is 0 Å². The van der Waals surface area contributed by atoms with Crippen LogP contribution in [0.3, 0.4) is 0 Å². The zero-order valence-electron chi connectivity index (χ0n) is 21.4. The van der Waals surface area contributed by atoms with Crippen LogP contribution in [0.2, 0.25) is 0 Å². The number of amides is 1. The van der Waals surface area contributed by atoms with Crippen molar-refractivity contribution in [2.45, 2.75) is 119 Å². The van der Waals surface area contributed by atoms with Gasteiger partial charge < -0.3 is 15.2 Å². The lowest BCUT2D eigenvalue weighted by Crippen LogP contribution is -2.20. The van der Waals surface area contributed by atoms with Crippen LogP contribution in [0.25, 0.3) is 0 Å². The monoisotopic (exact) mass is 431 g/mol. The van der Waals surface area contributed by atoms with Crippen molar-refractivity contribution in [1.82, 2.24) is 0 Å². The summed E-state index contributed by atoms with van der Waals surface area (Å²) in [5.74, 6) is 1.38. The number of nitrogens with two attached hydrogens (primary N) is 1. The zero-order valence-corrected chi connectivity index (χ0v) is 21.4. The molecular weight excluding hydrogens is 378 g/mol. The van der Waals surface area contributed by atoms with Crippen molar-refractivity contribution in [2.75, 3.05) is 20.3 Å². The fourth-order valence-corrected chi connectivity index (χ4v) is 2.80. The number of carbonyl (C=O) groups excluding carboxylic acids is 2. The molecule has 0 atom stereocenters. The van der Waals surface area contributed by atoms with Crippen LogP contribution in [-0.2, 0) is 19.1 Å². The molecule has 2 N–H and O–H groups in total. The van der Waals surface area contributed by atoms with Crippen molar-refractivity contribution in [3.63, 3.8) is 0 Å². The van der Waals surface area contributed by atoms with Crippen LogP contribution in [0.15, 0.2) is 0 Å². The molecule has 0 saturated heterocycles. The summed E-state index contributed by atoms with van der Waals surface area (Å²) in [4.78, 5) is 21.2. The number of Topliss-reactive ketones (excluding diaryl/α,β-unsaturated/α-hetero) is 1. The van der Waals surface area contributed by atoms with E-state index in [4.69, 9.17) is 15.2 Å². The molecule has 0 aromatic rings. The van der Waals surface area contributed by atoms with Gasteiger partial charge in [0.15, 0.2) is 0 Å². The predicted molar refractivity (Wildman–Crippen MR) is 129 cm³/mol. The summed E-state index contributed by atoms with van der Waals surface area (Å²) in [6, 6.07) is 0. The minimum absolute atomic E-state index is 0.274. The van der Waals surface area contributed by atoms with Gasteiger partial charge in [0, 0.05) is 32.5 Å². The van der Waals surface area contributed by atoms with Crippen molar-refractivity contribution in [2.24, 2.45) is 17.6 Å². The highest BCUT2D eigenvalue weighted by atomic mass is 16.5. The van der Waals surface area contributed by atoms with E-state index in [1.54, 1.807) is 7.11 Å².